The van der Waals surface area contributed by atoms with E-state index in [1.165, 1.54) is 18.7 Å². The molecule has 0 aliphatic rings. The molecule has 3 aromatic rings. The number of carbonyl (C=O) groups excluding carboxylic acids is 3. The zero-order valence-corrected chi connectivity index (χ0v) is 18.1. The topological polar surface area (TPSA) is 87.3 Å². The van der Waals surface area contributed by atoms with Gasteiger partial charge < -0.3 is 16.0 Å². The average molecular weight is 434 g/mol. The van der Waals surface area contributed by atoms with Crippen molar-refractivity contribution >= 4 is 46.5 Å². The molecule has 0 spiro atoms. The third kappa shape index (κ3) is 6.72. The highest BCUT2D eigenvalue weighted by atomic mass is 32.2. The minimum Gasteiger partial charge on any atom is -0.326 e. The summed E-state index contributed by atoms with van der Waals surface area (Å²) in [7, 11) is 0. The molecule has 0 radical (unpaired) electrons. The Balaban J connectivity index is 1.48. The van der Waals surface area contributed by atoms with Gasteiger partial charge in [0.1, 0.15) is 0 Å². The molecule has 0 saturated carbocycles. The number of hydrogen-bond donors (Lipinski definition) is 3. The zero-order chi connectivity index (χ0) is 22.2. The van der Waals surface area contributed by atoms with Crippen LogP contribution in [-0.2, 0) is 9.59 Å². The summed E-state index contributed by atoms with van der Waals surface area (Å²) in [5.74, 6) is -0.173. The van der Waals surface area contributed by atoms with Gasteiger partial charge in [-0.25, -0.2) is 0 Å². The van der Waals surface area contributed by atoms with Gasteiger partial charge in [-0.3, -0.25) is 14.4 Å². The molecule has 3 rings (SSSR count). The molecule has 7 heteroatoms. The van der Waals surface area contributed by atoms with Crippen molar-refractivity contribution in [2.45, 2.75) is 18.7 Å². The third-order valence-corrected chi connectivity index (χ3v) is 5.37. The molecular weight excluding hydrogens is 410 g/mol. The molecule has 3 amide bonds. The minimum absolute atomic E-state index is 0.130. The van der Waals surface area contributed by atoms with Crippen molar-refractivity contribution in [2.24, 2.45) is 0 Å². The largest absolute Gasteiger partial charge is 0.326 e. The normalized spacial score (nSPS) is 10.3. The average Bonchev–Trinajstić information content (AvgIpc) is 2.74. The fraction of sp³-hybridized carbons (Fsp3) is 0.125. The van der Waals surface area contributed by atoms with Crippen molar-refractivity contribution in [3.05, 3.63) is 83.9 Å². The molecule has 0 bridgehead atoms. The molecule has 6 nitrogen and oxygen atoms in total. The monoisotopic (exact) mass is 433 g/mol. The molecule has 3 N–H and O–H groups in total. The Labute approximate surface area is 185 Å². The van der Waals surface area contributed by atoms with E-state index in [1.807, 2.05) is 49.4 Å². The first-order chi connectivity index (χ1) is 14.9. The maximum absolute atomic E-state index is 12.4. The predicted molar refractivity (Wildman–Crippen MR) is 126 cm³/mol. The fourth-order valence-electron chi connectivity index (χ4n) is 2.85. The van der Waals surface area contributed by atoms with Crippen molar-refractivity contribution in [3.63, 3.8) is 0 Å². The smallest absolute Gasteiger partial charge is 0.255 e. The standard InChI is InChI=1S/C24H23N3O3S/c1-16-5-3-4-6-22(16)24(30)27-20-11-13-21(14-12-20)31-15-23(29)26-19-9-7-18(8-10-19)25-17(2)28/h3-14H,15H2,1-2H3,(H,25,28)(H,26,29)(H,27,30). The van der Waals surface area contributed by atoms with Crippen LogP contribution in [0.4, 0.5) is 17.1 Å². The summed E-state index contributed by atoms with van der Waals surface area (Å²) in [6, 6.07) is 21.7. The Bertz CT molecular complexity index is 1080. The Kier molecular flexibility index (Phi) is 7.45. The van der Waals surface area contributed by atoms with E-state index in [9.17, 15) is 14.4 Å². The first kappa shape index (κ1) is 22.1. The number of anilines is 3. The van der Waals surface area contributed by atoms with Crippen LogP contribution < -0.4 is 16.0 Å². The van der Waals surface area contributed by atoms with Gasteiger partial charge >= 0.3 is 0 Å². The molecule has 31 heavy (non-hydrogen) atoms. The van der Waals surface area contributed by atoms with Gasteiger partial charge in [0.15, 0.2) is 0 Å². The highest BCUT2D eigenvalue weighted by Gasteiger charge is 2.09. The summed E-state index contributed by atoms with van der Waals surface area (Å²) in [5.41, 5.74) is 3.59. The van der Waals surface area contributed by atoms with Crippen LogP contribution in [0.25, 0.3) is 0 Å². The van der Waals surface area contributed by atoms with Crippen LogP contribution >= 0.6 is 11.8 Å². The molecule has 3 aromatic carbocycles. The number of rotatable bonds is 7. The number of carbonyl (C=O) groups is 3. The summed E-state index contributed by atoms with van der Waals surface area (Å²) >= 11 is 1.40. The van der Waals surface area contributed by atoms with E-state index in [1.54, 1.807) is 30.3 Å². The number of aryl methyl sites for hydroxylation is 1. The van der Waals surface area contributed by atoms with Crippen LogP contribution in [0.5, 0.6) is 0 Å². The lowest BCUT2D eigenvalue weighted by atomic mass is 10.1. The molecule has 0 aliphatic heterocycles. The van der Waals surface area contributed by atoms with Crippen LogP contribution in [0.3, 0.4) is 0 Å². The molecule has 0 unspecified atom stereocenters. The zero-order valence-electron chi connectivity index (χ0n) is 17.3. The maximum atomic E-state index is 12.4. The van der Waals surface area contributed by atoms with Gasteiger partial charge in [-0.15, -0.1) is 11.8 Å². The second kappa shape index (κ2) is 10.4. The van der Waals surface area contributed by atoms with Crippen molar-refractivity contribution in [1.29, 1.82) is 0 Å². The second-order valence-electron chi connectivity index (χ2n) is 6.89. The summed E-state index contributed by atoms with van der Waals surface area (Å²) in [4.78, 5) is 36.5. The van der Waals surface area contributed by atoms with E-state index in [2.05, 4.69) is 16.0 Å². The Morgan fingerprint density at radius 1 is 0.742 bits per heavy atom. The van der Waals surface area contributed by atoms with E-state index in [0.29, 0.717) is 22.6 Å². The lowest BCUT2D eigenvalue weighted by Gasteiger charge is -2.09. The van der Waals surface area contributed by atoms with Gasteiger partial charge in [-0.1, -0.05) is 18.2 Å². The molecule has 0 saturated heterocycles. The van der Waals surface area contributed by atoms with E-state index < -0.39 is 0 Å². The second-order valence-corrected chi connectivity index (χ2v) is 7.94. The Hall–Kier alpha value is -3.58. The quantitative estimate of drug-likeness (QED) is 0.461. The number of hydrogen-bond acceptors (Lipinski definition) is 4. The number of thioether (sulfide) groups is 1. The summed E-state index contributed by atoms with van der Waals surface area (Å²) in [6.45, 7) is 3.34. The Morgan fingerprint density at radius 2 is 1.29 bits per heavy atom. The van der Waals surface area contributed by atoms with Gasteiger partial charge in [-0.05, 0) is 67.1 Å². The minimum atomic E-state index is -0.151. The molecule has 0 heterocycles. The van der Waals surface area contributed by atoms with E-state index in [-0.39, 0.29) is 23.5 Å². The summed E-state index contributed by atoms with van der Waals surface area (Å²) in [6.07, 6.45) is 0. The lowest BCUT2D eigenvalue weighted by Crippen LogP contribution is -2.14. The van der Waals surface area contributed by atoms with Crippen molar-refractivity contribution in [3.8, 4) is 0 Å². The van der Waals surface area contributed by atoms with Gasteiger partial charge in [0.05, 0.1) is 5.75 Å². The first-order valence-electron chi connectivity index (χ1n) is 9.68. The van der Waals surface area contributed by atoms with E-state index in [0.717, 1.165) is 10.5 Å². The third-order valence-electron chi connectivity index (χ3n) is 4.36. The highest BCUT2D eigenvalue weighted by Crippen LogP contribution is 2.22. The van der Waals surface area contributed by atoms with Crippen molar-refractivity contribution in [1.82, 2.24) is 0 Å². The van der Waals surface area contributed by atoms with Crippen LogP contribution in [0.15, 0.2) is 77.7 Å². The number of amides is 3. The molecule has 0 fully saturated rings. The van der Waals surface area contributed by atoms with E-state index >= 15 is 0 Å². The molecular formula is C24H23N3O3S. The van der Waals surface area contributed by atoms with Crippen molar-refractivity contribution in [2.75, 3.05) is 21.7 Å². The summed E-state index contributed by atoms with van der Waals surface area (Å²) in [5, 5.41) is 8.39. The molecule has 158 valence electrons. The summed E-state index contributed by atoms with van der Waals surface area (Å²) < 4.78 is 0. The van der Waals surface area contributed by atoms with Crippen molar-refractivity contribution < 1.29 is 14.4 Å². The van der Waals surface area contributed by atoms with Crippen LogP contribution in [-0.4, -0.2) is 23.5 Å². The van der Waals surface area contributed by atoms with Gasteiger partial charge in [-0.2, -0.15) is 0 Å². The fourth-order valence-corrected chi connectivity index (χ4v) is 3.55. The predicted octanol–water partition coefficient (Wildman–Crippen LogP) is 4.94. The maximum Gasteiger partial charge on any atom is 0.255 e. The van der Waals surface area contributed by atoms with Crippen LogP contribution in [0.1, 0.15) is 22.8 Å². The number of nitrogens with one attached hydrogen (secondary N) is 3. The van der Waals surface area contributed by atoms with Gasteiger partial charge in [0.2, 0.25) is 11.8 Å². The Morgan fingerprint density at radius 3 is 1.90 bits per heavy atom. The van der Waals surface area contributed by atoms with Gasteiger partial charge in [0.25, 0.3) is 5.91 Å². The highest BCUT2D eigenvalue weighted by molar-refractivity contribution is 8.00. The molecule has 0 aliphatic carbocycles. The molecule has 0 aromatic heterocycles. The number of benzene rings is 3. The van der Waals surface area contributed by atoms with E-state index in [4.69, 9.17) is 0 Å². The first-order valence-corrected chi connectivity index (χ1v) is 10.7. The SMILES string of the molecule is CC(=O)Nc1ccc(NC(=O)CSc2ccc(NC(=O)c3ccccc3C)cc2)cc1. The van der Waals surface area contributed by atoms with Gasteiger partial charge in [0, 0.05) is 34.4 Å². The molecule has 0 atom stereocenters. The lowest BCUT2D eigenvalue weighted by molar-refractivity contribution is -0.114. The van der Waals surface area contributed by atoms with Crippen LogP contribution in [0.2, 0.25) is 0 Å². The van der Waals surface area contributed by atoms with Crippen LogP contribution in [0, 0.1) is 6.92 Å².